The third-order valence-electron chi connectivity index (χ3n) is 2.47. The zero-order valence-electron chi connectivity index (χ0n) is 10.7. The Morgan fingerprint density at radius 3 is 2.59 bits per heavy atom. The molecule has 0 saturated carbocycles. The quantitative estimate of drug-likeness (QED) is 0.851. The number of nitrogens with zero attached hydrogens (tertiary/aromatic N) is 3. The van der Waals surface area contributed by atoms with Crippen molar-refractivity contribution in [2.75, 3.05) is 27.2 Å². The number of halogens is 1. The molecule has 0 unspecified atom stereocenters. The lowest BCUT2D eigenvalue weighted by atomic mass is 10.4. The summed E-state index contributed by atoms with van der Waals surface area (Å²) in [4.78, 5) is 13.6. The SMILES string of the molecule is Cc1nn(CC(=O)NCCN(C)C)c(C)c1Cl. The van der Waals surface area contributed by atoms with E-state index in [4.69, 9.17) is 11.6 Å². The summed E-state index contributed by atoms with van der Waals surface area (Å²) in [5.74, 6) is -0.0471. The Bertz CT molecular complexity index is 400. The van der Waals surface area contributed by atoms with Gasteiger partial charge in [0.1, 0.15) is 6.54 Å². The maximum Gasteiger partial charge on any atom is 0.241 e. The molecule has 1 heterocycles. The minimum absolute atomic E-state index is 0.0471. The van der Waals surface area contributed by atoms with E-state index in [0.29, 0.717) is 11.6 Å². The third-order valence-corrected chi connectivity index (χ3v) is 3.01. The molecule has 0 aromatic carbocycles. The minimum atomic E-state index is -0.0471. The molecule has 17 heavy (non-hydrogen) atoms. The first-order valence-corrected chi connectivity index (χ1v) is 5.90. The molecule has 0 fully saturated rings. The largest absolute Gasteiger partial charge is 0.353 e. The van der Waals surface area contributed by atoms with Crippen molar-refractivity contribution in [2.45, 2.75) is 20.4 Å². The van der Waals surface area contributed by atoms with Gasteiger partial charge in [0.15, 0.2) is 0 Å². The van der Waals surface area contributed by atoms with Crippen LogP contribution in [0.4, 0.5) is 0 Å². The fraction of sp³-hybridized carbons (Fsp3) is 0.636. The van der Waals surface area contributed by atoms with Gasteiger partial charge in [-0.3, -0.25) is 9.48 Å². The van der Waals surface area contributed by atoms with Gasteiger partial charge in [-0.15, -0.1) is 0 Å². The van der Waals surface area contributed by atoms with Crippen LogP contribution in [0.1, 0.15) is 11.4 Å². The second kappa shape index (κ2) is 6.02. The van der Waals surface area contributed by atoms with Crippen molar-refractivity contribution < 1.29 is 4.79 Å². The number of carbonyl (C=O) groups is 1. The van der Waals surface area contributed by atoms with Crippen molar-refractivity contribution in [3.63, 3.8) is 0 Å². The van der Waals surface area contributed by atoms with Gasteiger partial charge in [-0.1, -0.05) is 11.6 Å². The summed E-state index contributed by atoms with van der Waals surface area (Å²) < 4.78 is 1.63. The molecule has 0 radical (unpaired) electrons. The van der Waals surface area contributed by atoms with Crippen LogP contribution in [0.2, 0.25) is 5.02 Å². The van der Waals surface area contributed by atoms with Gasteiger partial charge in [-0.2, -0.15) is 5.10 Å². The number of rotatable bonds is 5. The van der Waals surface area contributed by atoms with E-state index in [9.17, 15) is 4.79 Å². The van der Waals surface area contributed by atoms with Crippen molar-refractivity contribution in [3.8, 4) is 0 Å². The minimum Gasteiger partial charge on any atom is -0.353 e. The number of hydrogen-bond acceptors (Lipinski definition) is 3. The number of likely N-dealkylation sites (N-methyl/N-ethyl adjacent to an activating group) is 1. The van der Waals surface area contributed by atoms with Crippen LogP contribution in [0.5, 0.6) is 0 Å². The van der Waals surface area contributed by atoms with Crippen molar-refractivity contribution >= 4 is 17.5 Å². The highest BCUT2D eigenvalue weighted by Gasteiger charge is 2.11. The van der Waals surface area contributed by atoms with E-state index in [-0.39, 0.29) is 12.5 Å². The second-order valence-electron chi connectivity index (χ2n) is 4.30. The summed E-state index contributed by atoms with van der Waals surface area (Å²) in [7, 11) is 3.93. The molecule has 6 heteroatoms. The van der Waals surface area contributed by atoms with Gasteiger partial charge >= 0.3 is 0 Å². The van der Waals surface area contributed by atoms with Gasteiger partial charge in [0.2, 0.25) is 5.91 Å². The van der Waals surface area contributed by atoms with Gasteiger partial charge in [-0.25, -0.2) is 0 Å². The summed E-state index contributed by atoms with van der Waals surface area (Å²) >= 11 is 6.01. The fourth-order valence-corrected chi connectivity index (χ4v) is 1.58. The van der Waals surface area contributed by atoms with Crippen LogP contribution in [-0.2, 0) is 11.3 Å². The molecule has 5 nitrogen and oxygen atoms in total. The Labute approximate surface area is 107 Å². The van der Waals surface area contributed by atoms with E-state index in [1.54, 1.807) is 4.68 Å². The number of nitrogens with one attached hydrogen (secondary N) is 1. The predicted molar refractivity (Wildman–Crippen MR) is 68.3 cm³/mol. The molecule has 0 aliphatic carbocycles. The second-order valence-corrected chi connectivity index (χ2v) is 4.67. The standard InChI is InChI=1S/C11H19ClN4O/c1-8-11(12)9(2)16(14-8)7-10(17)13-5-6-15(3)4/h5-7H2,1-4H3,(H,13,17). The van der Waals surface area contributed by atoms with Crippen molar-refractivity contribution in [1.29, 1.82) is 0 Å². The number of hydrogen-bond donors (Lipinski definition) is 1. The smallest absolute Gasteiger partial charge is 0.241 e. The monoisotopic (exact) mass is 258 g/mol. The maximum atomic E-state index is 11.6. The van der Waals surface area contributed by atoms with Crippen LogP contribution in [0.3, 0.4) is 0 Å². The molecule has 1 N–H and O–H groups in total. The average Bonchev–Trinajstić information content (AvgIpc) is 2.46. The van der Waals surface area contributed by atoms with Gasteiger partial charge < -0.3 is 10.2 Å². The molecule has 0 aliphatic rings. The lowest BCUT2D eigenvalue weighted by molar-refractivity contribution is -0.121. The molecular formula is C11H19ClN4O. The highest BCUT2D eigenvalue weighted by molar-refractivity contribution is 6.31. The van der Waals surface area contributed by atoms with Crippen LogP contribution in [-0.4, -0.2) is 47.8 Å². The molecule has 96 valence electrons. The Hall–Kier alpha value is -1.07. The average molecular weight is 259 g/mol. The van der Waals surface area contributed by atoms with Crippen LogP contribution >= 0.6 is 11.6 Å². The molecule has 1 aromatic rings. The summed E-state index contributed by atoms with van der Waals surface area (Å²) in [6.45, 7) is 5.36. The summed E-state index contributed by atoms with van der Waals surface area (Å²) in [6, 6.07) is 0. The first-order valence-electron chi connectivity index (χ1n) is 5.52. The number of aromatic nitrogens is 2. The maximum absolute atomic E-state index is 11.6. The Morgan fingerprint density at radius 1 is 1.47 bits per heavy atom. The molecule has 0 bridgehead atoms. The van der Waals surface area contributed by atoms with Crippen LogP contribution < -0.4 is 5.32 Å². The van der Waals surface area contributed by atoms with Crippen molar-refractivity contribution in [2.24, 2.45) is 0 Å². The fourth-order valence-electron chi connectivity index (χ4n) is 1.44. The molecule has 0 aliphatic heterocycles. The Balaban J connectivity index is 2.48. The highest BCUT2D eigenvalue weighted by atomic mass is 35.5. The van der Waals surface area contributed by atoms with E-state index in [1.165, 1.54) is 0 Å². The van der Waals surface area contributed by atoms with E-state index in [2.05, 4.69) is 10.4 Å². The lowest BCUT2D eigenvalue weighted by Gasteiger charge is -2.10. The molecule has 0 atom stereocenters. The third kappa shape index (κ3) is 4.02. The Kier molecular flexibility index (Phi) is 4.96. The number of carbonyl (C=O) groups excluding carboxylic acids is 1. The van der Waals surface area contributed by atoms with Gasteiger partial charge in [-0.05, 0) is 27.9 Å². The number of aryl methyl sites for hydroxylation is 1. The lowest BCUT2D eigenvalue weighted by Crippen LogP contribution is -2.34. The zero-order chi connectivity index (χ0) is 13.0. The summed E-state index contributed by atoms with van der Waals surface area (Å²) in [6.07, 6.45) is 0. The topological polar surface area (TPSA) is 50.2 Å². The van der Waals surface area contributed by atoms with Crippen molar-refractivity contribution in [3.05, 3.63) is 16.4 Å². The molecular weight excluding hydrogens is 240 g/mol. The summed E-state index contributed by atoms with van der Waals surface area (Å²) in [5.41, 5.74) is 1.58. The normalized spacial score (nSPS) is 10.9. The summed E-state index contributed by atoms with van der Waals surface area (Å²) in [5, 5.41) is 7.67. The molecule has 1 aromatic heterocycles. The first kappa shape index (κ1) is 14.0. The van der Waals surface area contributed by atoms with E-state index in [1.807, 2.05) is 32.8 Å². The van der Waals surface area contributed by atoms with Gasteiger partial charge in [0.25, 0.3) is 0 Å². The van der Waals surface area contributed by atoms with Gasteiger partial charge in [0, 0.05) is 13.1 Å². The molecule has 1 rings (SSSR count). The Morgan fingerprint density at radius 2 is 2.12 bits per heavy atom. The van der Waals surface area contributed by atoms with Crippen LogP contribution in [0, 0.1) is 13.8 Å². The van der Waals surface area contributed by atoms with E-state index >= 15 is 0 Å². The molecule has 0 saturated heterocycles. The van der Waals surface area contributed by atoms with E-state index in [0.717, 1.165) is 17.9 Å². The highest BCUT2D eigenvalue weighted by Crippen LogP contribution is 2.18. The van der Waals surface area contributed by atoms with E-state index < -0.39 is 0 Å². The zero-order valence-corrected chi connectivity index (χ0v) is 11.5. The number of amides is 1. The van der Waals surface area contributed by atoms with Crippen molar-refractivity contribution in [1.82, 2.24) is 20.0 Å². The molecule has 1 amide bonds. The predicted octanol–water partition coefficient (Wildman–Crippen LogP) is 0.831. The van der Waals surface area contributed by atoms with Gasteiger partial charge in [0.05, 0.1) is 16.4 Å². The van der Waals surface area contributed by atoms with Crippen LogP contribution in [0.25, 0.3) is 0 Å². The van der Waals surface area contributed by atoms with Crippen LogP contribution in [0.15, 0.2) is 0 Å². The molecule has 0 spiro atoms. The first-order chi connectivity index (χ1) is 7.91.